The average molecular weight is 286 g/mol. The van der Waals surface area contributed by atoms with Crippen LogP contribution in [0.3, 0.4) is 0 Å². The fraction of sp³-hybridized carbons (Fsp3) is 0.417. The van der Waals surface area contributed by atoms with Crippen molar-refractivity contribution in [1.82, 2.24) is 5.32 Å². The van der Waals surface area contributed by atoms with Crippen molar-refractivity contribution in [3.8, 4) is 5.75 Å². The van der Waals surface area contributed by atoms with Gasteiger partial charge in [0.25, 0.3) is 5.91 Å². The van der Waals surface area contributed by atoms with Crippen molar-refractivity contribution in [3.63, 3.8) is 0 Å². The summed E-state index contributed by atoms with van der Waals surface area (Å²) < 4.78 is 6.26. The van der Waals surface area contributed by atoms with Gasteiger partial charge in [0, 0.05) is 6.54 Å². The maximum Gasteiger partial charge on any atom is 0.257 e. The molecule has 1 aromatic carbocycles. The normalized spacial score (nSPS) is 9.94. The molecule has 0 spiro atoms. The summed E-state index contributed by atoms with van der Waals surface area (Å²) in [6.07, 6.45) is 0.931. The molecule has 4 heteroatoms. The summed E-state index contributed by atoms with van der Waals surface area (Å²) in [5.74, 6) is 0.603. The second kappa shape index (κ2) is 6.53. The van der Waals surface area contributed by atoms with Crippen LogP contribution in [0.15, 0.2) is 22.7 Å². The molecule has 1 rings (SSSR count). The molecule has 0 aromatic heterocycles. The van der Waals surface area contributed by atoms with Crippen molar-refractivity contribution < 1.29 is 9.53 Å². The van der Waals surface area contributed by atoms with E-state index in [-0.39, 0.29) is 12.5 Å². The first kappa shape index (κ1) is 13.0. The smallest absolute Gasteiger partial charge is 0.257 e. The highest BCUT2D eigenvalue weighted by molar-refractivity contribution is 9.10. The summed E-state index contributed by atoms with van der Waals surface area (Å²) in [6, 6.07) is 5.76. The van der Waals surface area contributed by atoms with Crippen LogP contribution in [-0.4, -0.2) is 19.1 Å². The van der Waals surface area contributed by atoms with E-state index in [4.69, 9.17) is 4.74 Å². The van der Waals surface area contributed by atoms with Gasteiger partial charge in [-0.3, -0.25) is 4.79 Å². The Kier molecular flexibility index (Phi) is 5.32. The topological polar surface area (TPSA) is 38.3 Å². The number of carbonyl (C=O) groups excluding carboxylic acids is 1. The van der Waals surface area contributed by atoms with Crippen molar-refractivity contribution in [3.05, 3.63) is 28.2 Å². The molecule has 0 atom stereocenters. The summed E-state index contributed by atoms with van der Waals surface area (Å²) in [7, 11) is 0. The zero-order chi connectivity index (χ0) is 12.0. The van der Waals surface area contributed by atoms with E-state index in [0.29, 0.717) is 12.3 Å². The van der Waals surface area contributed by atoms with Crippen LogP contribution < -0.4 is 10.1 Å². The Labute approximate surface area is 104 Å². The van der Waals surface area contributed by atoms with Crippen LogP contribution in [0, 0.1) is 6.92 Å². The molecule has 0 aliphatic heterocycles. The second-order valence-electron chi connectivity index (χ2n) is 3.57. The first-order valence-corrected chi connectivity index (χ1v) is 6.08. The SMILES string of the molecule is CCCNC(=O)COc1ccc(C)cc1Br. The second-order valence-corrected chi connectivity index (χ2v) is 4.43. The maximum absolute atomic E-state index is 11.3. The van der Waals surface area contributed by atoms with Crippen LogP contribution >= 0.6 is 15.9 Å². The minimum absolute atomic E-state index is 0.0572. The molecule has 1 N–H and O–H groups in total. The molecule has 88 valence electrons. The van der Waals surface area contributed by atoms with E-state index in [2.05, 4.69) is 21.2 Å². The summed E-state index contributed by atoms with van der Waals surface area (Å²) in [6.45, 7) is 4.76. The minimum atomic E-state index is -0.0886. The Balaban J connectivity index is 2.45. The molecule has 0 saturated heterocycles. The molecule has 1 aromatic rings. The third kappa shape index (κ3) is 4.23. The van der Waals surface area contributed by atoms with Crippen molar-refractivity contribution in [2.24, 2.45) is 0 Å². The number of benzene rings is 1. The molecule has 3 nitrogen and oxygen atoms in total. The Morgan fingerprint density at radius 1 is 1.50 bits per heavy atom. The highest BCUT2D eigenvalue weighted by atomic mass is 79.9. The summed E-state index contributed by atoms with van der Waals surface area (Å²) >= 11 is 3.39. The fourth-order valence-corrected chi connectivity index (χ4v) is 1.79. The van der Waals surface area contributed by atoms with Gasteiger partial charge in [-0.2, -0.15) is 0 Å². The van der Waals surface area contributed by atoms with Gasteiger partial charge in [0.05, 0.1) is 4.47 Å². The van der Waals surface area contributed by atoms with Crippen molar-refractivity contribution in [1.29, 1.82) is 0 Å². The van der Waals surface area contributed by atoms with Gasteiger partial charge >= 0.3 is 0 Å². The first-order valence-electron chi connectivity index (χ1n) is 5.29. The first-order chi connectivity index (χ1) is 7.63. The van der Waals surface area contributed by atoms with Crippen LogP contribution in [0.1, 0.15) is 18.9 Å². The Bertz CT molecular complexity index is 366. The van der Waals surface area contributed by atoms with Gasteiger partial charge in [0.2, 0.25) is 0 Å². The average Bonchev–Trinajstić information content (AvgIpc) is 2.25. The number of rotatable bonds is 5. The van der Waals surface area contributed by atoms with E-state index in [1.807, 2.05) is 32.0 Å². The zero-order valence-corrected chi connectivity index (χ0v) is 11.1. The highest BCUT2D eigenvalue weighted by Gasteiger charge is 2.04. The van der Waals surface area contributed by atoms with E-state index < -0.39 is 0 Å². The van der Waals surface area contributed by atoms with Crippen molar-refractivity contribution in [2.45, 2.75) is 20.3 Å². The van der Waals surface area contributed by atoms with Gasteiger partial charge in [-0.15, -0.1) is 0 Å². The molecule has 0 heterocycles. The molecule has 16 heavy (non-hydrogen) atoms. The Morgan fingerprint density at radius 2 is 2.25 bits per heavy atom. The lowest BCUT2D eigenvalue weighted by Crippen LogP contribution is -2.29. The quantitative estimate of drug-likeness (QED) is 0.903. The standard InChI is InChI=1S/C12H16BrNO2/c1-3-6-14-12(15)8-16-11-5-4-9(2)7-10(11)13/h4-5,7H,3,6,8H2,1-2H3,(H,14,15). The van der Waals surface area contributed by atoms with Gasteiger partial charge < -0.3 is 10.1 Å². The summed E-state index contributed by atoms with van der Waals surface area (Å²) in [5.41, 5.74) is 1.15. The fourth-order valence-electron chi connectivity index (χ4n) is 1.18. The van der Waals surface area contributed by atoms with Crippen LogP contribution in [0.5, 0.6) is 5.75 Å². The van der Waals surface area contributed by atoms with E-state index in [1.54, 1.807) is 0 Å². The molecule has 1 amide bonds. The third-order valence-electron chi connectivity index (χ3n) is 2.02. The third-order valence-corrected chi connectivity index (χ3v) is 2.64. The van der Waals surface area contributed by atoms with Gasteiger partial charge in [-0.05, 0) is 47.0 Å². The van der Waals surface area contributed by atoms with E-state index in [0.717, 1.165) is 16.5 Å². The van der Waals surface area contributed by atoms with Gasteiger partial charge in [-0.25, -0.2) is 0 Å². The minimum Gasteiger partial charge on any atom is -0.483 e. The van der Waals surface area contributed by atoms with Gasteiger partial charge in [-0.1, -0.05) is 13.0 Å². The molecular formula is C12H16BrNO2. The molecule has 0 aliphatic rings. The van der Waals surface area contributed by atoms with Gasteiger partial charge in [0.1, 0.15) is 5.75 Å². The molecule has 0 fully saturated rings. The lowest BCUT2D eigenvalue weighted by Gasteiger charge is -2.08. The lowest BCUT2D eigenvalue weighted by atomic mass is 10.2. The molecular weight excluding hydrogens is 270 g/mol. The Hall–Kier alpha value is -1.03. The predicted octanol–water partition coefficient (Wildman–Crippen LogP) is 2.66. The number of hydrogen-bond acceptors (Lipinski definition) is 2. The van der Waals surface area contributed by atoms with Crippen LogP contribution in [-0.2, 0) is 4.79 Å². The van der Waals surface area contributed by atoms with Crippen LogP contribution in [0.2, 0.25) is 0 Å². The lowest BCUT2D eigenvalue weighted by molar-refractivity contribution is -0.123. The Morgan fingerprint density at radius 3 is 2.88 bits per heavy atom. The summed E-state index contributed by atoms with van der Waals surface area (Å²) in [4.78, 5) is 11.3. The van der Waals surface area contributed by atoms with Crippen LogP contribution in [0.4, 0.5) is 0 Å². The monoisotopic (exact) mass is 285 g/mol. The van der Waals surface area contributed by atoms with Gasteiger partial charge in [0.15, 0.2) is 6.61 Å². The van der Waals surface area contributed by atoms with Crippen LogP contribution in [0.25, 0.3) is 0 Å². The molecule has 0 aliphatic carbocycles. The number of carbonyl (C=O) groups is 1. The van der Waals surface area contributed by atoms with E-state index >= 15 is 0 Å². The highest BCUT2D eigenvalue weighted by Crippen LogP contribution is 2.25. The molecule has 0 unspecified atom stereocenters. The van der Waals surface area contributed by atoms with E-state index in [1.165, 1.54) is 0 Å². The number of ether oxygens (including phenoxy) is 1. The largest absolute Gasteiger partial charge is 0.483 e. The van der Waals surface area contributed by atoms with Crippen molar-refractivity contribution >= 4 is 21.8 Å². The number of amides is 1. The zero-order valence-electron chi connectivity index (χ0n) is 9.55. The number of hydrogen-bond donors (Lipinski definition) is 1. The number of nitrogens with one attached hydrogen (secondary N) is 1. The number of halogens is 1. The maximum atomic E-state index is 11.3. The molecule has 0 saturated carbocycles. The predicted molar refractivity (Wildman–Crippen MR) is 67.7 cm³/mol. The molecule has 0 bridgehead atoms. The summed E-state index contributed by atoms with van der Waals surface area (Å²) in [5, 5.41) is 2.75. The molecule has 0 radical (unpaired) electrons. The van der Waals surface area contributed by atoms with Crippen molar-refractivity contribution in [2.75, 3.05) is 13.2 Å². The number of aryl methyl sites for hydroxylation is 1. The van der Waals surface area contributed by atoms with E-state index in [9.17, 15) is 4.79 Å².